The maximum absolute atomic E-state index is 12.9. The van der Waals surface area contributed by atoms with E-state index in [-0.39, 0.29) is 0 Å². The van der Waals surface area contributed by atoms with Crippen molar-refractivity contribution in [2.75, 3.05) is 11.9 Å². The van der Waals surface area contributed by atoms with Crippen LogP contribution in [0.3, 0.4) is 0 Å². The Morgan fingerprint density at radius 1 is 1.38 bits per heavy atom. The van der Waals surface area contributed by atoms with Crippen LogP contribution < -0.4 is 4.90 Å². The second-order valence-electron chi connectivity index (χ2n) is 3.56. The lowest BCUT2D eigenvalue weighted by Gasteiger charge is -2.16. The molecule has 0 aliphatic carbocycles. The topological polar surface area (TPSA) is 29.0 Å². The summed E-state index contributed by atoms with van der Waals surface area (Å²) >= 11 is 1.60. The molecule has 0 fully saturated rings. The normalized spacial score (nSPS) is 10.4. The van der Waals surface area contributed by atoms with Gasteiger partial charge in [0.2, 0.25) is 5.95 Å². The largest absolute Gasteiger partial charge is 0.353 e. The van der Waals surface area contributed by atoms with E-state index < -0.39 is 5.95 Å². The van der Waals surface area contributed by atoms with Gasteiger partial charge in [-0.2, -0.15) is 4.39 Å². The summed E-state index contributed by atoms with van der Waals surface area (Å²) < 4.78 is 12.9. The second-order valence-corrected chi connectivity index (χ2v) is 4.50. The molecule has 5 heteroatoms. The molecule has 0 aliphatic rings. The van der Waals surface area contributed by atoms with E-state index in [1.165, 1.54) is 6.07 Å². The van der Waals surface area contributed by atoms with E-state index in [9.17, 15) is 4.39 Å². The number of hydrogen-bond acceptors (Lipinski definition) is 4. The van der Waals surface area contributed by atoms with Crippen LogP contribution in [0.5, 0.6) is 0 Å². The van der Waals surface area contributed by atoms with Crippen molar-refractivity contribution in [3.8, 4) is 0 Å². The minimum absolute atomic E-state index is 0.459. The molecule has 2 aromatic rings. The van der Waals surface area contributed by atoms with Gasteiger partial charge in [-0.3, -0.25) is 0 Å². The van der Waals surface area contributed by atoms with Gasteiger partial charge in [0.25, 0.3) is 0 Å². The van der Waals surface area contributed by atoms with Gasteiger partial charge >= 0.3 is 0 Å². The highest BCUT2D eigenvalue weighted by atomic mass is 32.1. The number of hydrogen-bond donors (Lipinski definition) is 0. The summed E-state index contributed by atoms with van der Waals surface area (Å²) in [5.41, 5.74) is 1.01. The first-order valence-electron chi connectivity index (χ1n) is 4.90. The number of halogens is 1. The number of pyridine rings is 1. The van der Waals surface area contributed by atoms with Crippen molar-refractivity contribution in [3.05, 3.63) is 40.2 Å². The van der Waals surface area contributed by atoms with Crippen LogP contribution in [0.25, 0.3) is 0 Å². The zero-order valence-electron chi connectivity index (χ0n) is 9.14. The molecule has 16 heavy (non-hydrogen) atoms. The lowest BCUT2D eigenvalue weighted by molar-refractivity contribution is 0.582. The molecule has 0 N–H and O–H groups in total. The number of thiazole rings is 1. The van der Waals surface area contributed by atoms with Gasteiger partial charge in [-0.25, -0.2) is 9.97 Å². The Hall–Kier alpha value is -1.49. The molecule has 0 atom stereocenters. The summed E-state index contributed by atoms with van der Waals surface area (Å²) in [4.78, 5) is 10.0. The van der Waals surface area contributed by atoms with E-state index in [4.69, 9.17) is 0 Å². The van der Waals surface area contributed by atoms with E-state index in [2.05, 4.69) is 9.97 Å². The molecular formula is C11H12FN3S. The molecule has 2 heterocycles. The third kappa shape index (κ3) is 2.55. The van der Waals surface area contributed by atoms with Gasteiger partial charge in [0.1, 0.15) is 10.8 Å². The van der Waals surface area contributed by atoms with Crippen LogP contribution in [0.15, 0.2) is 23.6 Å². The summed E-state index contributed by atoms with van der Waals surface area (Å²) in [6.45, 7) is 2.61. The van der Waals surface area contributed by atoms with Crippen LogP contribution in [0, 0.1) is 12.9 Å². The van der Waals surface area contributed by atoms with Crippen LogP contribution in [-0.4, -0.2) is 17.0 Å². The zero-order chi connectivity index (χ0) is 11.5. The van der Waals surface area contributed by atoms with Crippen molar-refractivity contribution in [1.29, 1.82) is 0 Å². The molecule has 0 radical (unpaired) electrons. The molecule has 0 saturated carbocycles. The summed E-state index contributed by atoms with van der Waals surface area (Å²) in [6.07, 6.45) is 0. The first-order chi connectivity index (χ1) is 7.65. The smallest absolute Gasteiger partial charge is 0.214 e. The molecule has 0 amide bonds. The van der Waals surface area contributed by atoms with Gasteiger partial charge in [-0.05, 0) is 19.1 Å². The highest BCUT2D eigenvalue weighted by molar-refractivity contribution is 7.09. The maximum Gasteiger partial charge on any atom is 0.214 e. The quantitative estimate of drug-likeness (QED) is 0.768. The highest BCUT2D eigenvalue weighted by Gasteiger charge is 2.06. The van der Waals surface area contributed by atoms with Crippen molar-refractivity contribution in [1.82, 2.24) is 9.97 Å². The number of aryl methyl sites for hydroxylation is 1. The third-order valence-corrected chi connectivity index (χ3v) is 3.08. The van der Waals surface area contributed by atoms with Gasteiger partial charge in [0.15, 0.2) is 0 Å². The van der Waals surface area contributed by atoms with E-state index in [0.717, 1.165) is 10.7 Å². The first-order valence-corrected chi connectivity index (χ1v) is 5.78. The summed E-state index contributed by atoms with van der Waals surface area (Å²) in [6, 6.07) is 4.77. The van der Waals surface area contributed by atoms with Crippen LogP contribution in [0.2, 0.25) is 0 Å². The maximum atomic E-state index is 12.9. The minimum Gasteiger partial charge on any atom is -0.353 e. The fourth-order valence-corrected chi connectivity index (χ4v) is 2.19. The van der Waals surface area contributed by atoms with E-state index in [0.29, 0.717) is 12.4 Å². The summed E-state index contributed by atoms with van der Waals surface area (Å²) in [5, 5.41) is 3.01. The number of nitrogens with zero attached hydrogens (tertiary/aromatic N) is 3. The lowest BCUT2D eigenvalue weighted by Crippen LogP contribution is -2.17. The molecular weight excluding hydrogens is 225 g/mol. The monoisotopic (exact) mass is 237 g/mol. The molecule has 84 valence electrons. The predicted molar refractivity (Wildman–Crippen MR) is 63.2 cm³/mol. The SMILES string of the molecule is Cc1csc(CN(C)c2cccc(F)n2)n1. The number of anilines is 1. The molecule has 2 rings (SSSR count). The Labute approximate surface area is 97.6 Å². The highest BCUT2D eigenvalue weighted by Crippen LogP contribution is 2.15. The van der Waals surface area contributed by atoms with Crippen molar-refractivity contribution < 1.29 is 4.39 Å². The molecule has 0 saturated heterocycles. The van der Waals surface area contributed by atoms with Crippen molar-refractivity contribution >= 4 is 17.2 Å². The predicted octanol–water partition coefficient (Wildman–Crippen LogP) is 2.62. The molecule has 0 spiro atoms. The van der Waals surface area contributed by atoms with Crippen molar-refractivity contribution in [2.24, 2.45) is 0 Å². The molecule has 0 unspecified atom stereocenters. The number of aromatic nitrogens is 2. The van der Waals surface area contributed by atoms with Gasteiger partial charge in [-0.15, -0.1) is 11.3 Å². The molecule has 2 aromatic heterocycles. The Balaban J connectivity index is 2.11. The molecule has 3 nitrogen and oxygen atoms in total. The fourth-order valence-electron chi connectivity index (χ4n) is 1.37. The van der Waals surface area contributed by atoms with Crippen molar-refractivity contribution in [3.63, 3.8) is 0 Å². The first kappa shape index (κ1) is 11.0. The second kappa shape index (κ2) is 4.57. The molecule has 0 bridgehead atoms. The van der Waals surface area contributed by atoms with E-state index in [1.54, 1.807) is 23.5 Å². The fraction of sp³-hybridized carbons (Fsp3) is 0.273. The Morgan fingerprint density at radius 3 is 2.81 bits per heavy atom. The summed E-state index contributed by atoms with van der Waals surface area (Å²) in [5.74, 6) is 0.160. The summed E-state index contributed by atoms with van der Waals surface area (Å²) in [7, 11) is 1.87. The van der Waals surface area contributed by atoms with Crippen LogP contribution in [-0.2, 0) is 6.54 Å². The van der Waals surface area contributed by atoms with Crippen LogP contribution in [0.1, 0.15) is 10.7 Å². The Bertz CT molecular complexity index is 484. The van der Waals surface area contributed by atoms with Gasteiger partial charge < -0.3 is 4.90 Å². The molecule has 0 aromatic carbocycles. The lowest BCUT2D eigenvalue weighted by atomic mass is 10.4. The van der Waals surface area contributed by atoms with Gasteiger partial charge in [-0.1, -0.05) is 6.07 Å². The standard InChI is InChI=1S/C11H12FN3S/c1-8-7-16-11(13-8)6-15(2)10-5-3-4-9(12)14-10/h3-5,7H,6H2,1-2H3. The van der Waals surface area contributed by atoms with Crippen LogP contribution >= 0.6 is 11.3 Å². The average molecular weight is 237 g/mol. The molecule has 0 aliphatic heterocycles. The van der Waals surface area contributed by atoms with E-state index in [1.807, 2.05) is 24.3 Å². The number of rotatable bonds is 3. The third-order valence-electron chi connectivity index (χ3n) is 2.13. The van der Waals surface area contributed by atoms with E-state index >= 15 is 0 Å². The zero-order valence-corrected chi connectivity index (χ0v) is 9.96. The van der Waals surface area contributed by atoms with Gasteiger partial charge in [0.05, 0.1) is 6.54 Å². The average Bonchev–Trinajstić information content (AvgIpc) is 2.64. The van der Waals surface area contributed by atoms with Crippen molar-refractivity contribution in [2.45, 2.75) is 13.5 Å². The minimum atomic E-state index is -0.459. The Kier molecular flexibility index (Phi) is 3.14. The van der Waals surface area contributed by atoms with Crippen LogP contribution in [0.4, 0.5) is 10.2 Å². The Morgan fingerprint density at radius 2 is 2.19 bits per heavy atom. The van der Waals surface area contributed by atoms with Gasteiger partial charge in [0, 0.05) is 18.1 Å².